The van der Waals surface area contributed by atoms with Crippen molar-refractivity contribution in [2.75, 3.05) is 0 Å². The summed E-state index contributed by atoms with van der Waals surface area (Å²) in [5, 5.41) is 3.65. The molecule has 0 aliphatic heterocycles. The van der Waals surface area contributed by atoms with E-state index in [-0.39, 0.29) is 18.5 Å². The van der Waals surface area contributed by atoms with E-state index in [0.717, 1.165) is 17.7 Å². The van der Waals surface area contributed by atoms with Crippen molar-refractivity contribution in [2.24, 2.45) is 0 Å². The fourth-order valence-corrected chi connectivity index (χ4v) is 4.33. The summed E-state index contributed by atoms with van der Waals surface area (Å²) in [6, 6.07) is 19.3. The molecule has 3 aromatic carbocycles. The maximum absolute atomic E-state index is 14.7. The summed E-state index contributed by atoms with van der Waals surface area (Å²) in [7, 11) is 0. The van der Waals surface area contributed by atoms with E-state index in [9.17, 15) is 22.0 Å². The second-order valence-electron chi connectivity index (χ2n) is 8.53. The van der Waals surface area contributed by atoms with Gasteiger partial charge in [0.25, 0.3) is 0 Å². The van der Waals surface area contributed by atoms with Gasteiger partial charge in [0.1, 0.15) is 11.6 Å². The molecule has 0 saturated heterocycles. The third-order valence-corrected chi connectivity index (χ3v) is 6.38. The number of nitrogens with zero attached hydrogens (tertiary/aromatic N) is 1. The summed E-state index contributed by atoms with van der Waals surface area (Å²) >= 11 is 6.06. The van der Waals surface area contributed by atoms with Crippen LogP contribution in [0.15, 0.2) is 85.1 Å². The van der Waals surface area contributed by atoms with Gasteiger partial charge < -0.3 is 0 Å². The Labute approximate surface area is 210 Å². The number of benzene rings is 3. The van der Waals surface area contributed by atoms with Gasteiger partial charge in [-0.15, -0.1) is 0 Å². The summed E-state index contributed by atoms with van der Waals surface area (Å²) in [5.41, 5.74) is -0.381. The first kappa shape index (κ1) is 25.8. The molecule has 0 amide bonds. The van der Waals surface area contributed by atoms with Crippen LogP contribution in [0, 0.1) is 18.6 Å². The second kappa shape index (κ2) is 10.4. The molecule has 0 aliphatic carbocycles. The highest BCUT2D eigenvalue weighted by Crippen LogP contribution is 2.38. The number of nitrogens with one attached hydrogen (secondary N) is 1. The van der Waals surface area contributed by atoms with Crippen LogP contribution in [-0.2, 0) is 24.7 Å². The minimum atomic E-state index is -4.76. The number of halogens is 6. The van der Waals surface area contributed by atoms with Gasteiger partial charge in [0.05, 0.1) is 21.8 Å². The molecule has 1 heterocycles. The Kier molecular flexibility index (Phi) is 7.43. The van der Waals surface area contributed by atoms with Crippen LogP contribution in [0.3, 0.4) is 0 Å². The van der Waals surface area contributed by atoms with Gasteiger partial charge in [0.2, 0.25) is 0 Å². The molecular weight excluding hydrogens is 495 g/mol. The molecule has 0 spiro atoms. The highest BCUT2D eigenvalue weighted by molar-refractivity contribution is 6.30. The maximum atomic E-state index is 14.7. The van der Waals surface area contributed by atoms with Crippen molar-refractivity contribution < 1.29 is 22.0 Å². The van der Waals surface area contributed by atoms with Crippen molar-refractivity contribution in [2.45, 2.75) is 31.6 Å². The zero-order valence-corrected chi connectivity index (χ0v) is 20.0. The highest BCUT2D eigenvalue weighted by atomic mass is 35.5. The predicted octanol–water partition coefficient (Wildman–Crippen LogP) is 7.62. The van der Waals surface area contributed by atoms with E-state index in [1.165, 1.54) is 12.3 Å². The minimum absolute atomic E-state index is 0.0301. The van der Waals surface area contributed by atoms with E-state index in [1.54, 1.807) is 43.3 Å². The van der Waals surface area contributed by atoms with E-state index < -0.39 is 28.9 Å². The van der Waals surface area contributed by atoms with Crippen molar-refractivity contribution in [3.63, 3.8) is 0 Å². The normalized spacial score (nSPS) is 13.4. The lowest BCUT2D eigenvalue weighted by atomic mass is 9.79. The topological polar surface area (TPSA) is 24.9 Å². The Hall–Kier alpha value is -3.29. The third-order valence-electron chi connectivity index (χ3n) is 6.16. The molecule has 1 atom stereocenters. The van der Waals surface area contributed by atoms with E-state index in [2.05, 4.69) is 10.3 Å². The molecule has 2 nitrogen and oxygen atoms in total. The Balaban J connectivity index is 1.94. The Bertz CT molecular complexity index is 1340. The van der Waals surface area contributed by atoms with Gasteiger partial charge in [-0.25, -0.2) is 8.78 Å². The van der Waals surface area contributed by atoms with Crippen LogP contribution in [0.4, 0.5) is 22.0 Å². The largest absolute Gasteiger partial charge is 0.416 e. The van der Waals surface area contributed by atoms with Gasteiger partial charge in [-0.05, 0) is 65.6 Å². The first-order valence-corrected chi connectivity index (χ1v) is 11.5. The summed E-state index contributed by atoms with van der Waals surface area (Å²) in [4.78, 5) is 4.42. The predicted molar refractivity (Wildman–Crippen MR) is 130 cm³/mol. The molecule has 4 rings (SSSR count). The minimum Gasteiger partial charge on any atom is -0.298 e. The standard InChI is InChI=1S/C28H22ClF5N2/c1-18-20(8-5-9-25(18)31)16-36-27(15-19-6-3-2-4-7-19,26-11-10-23(29)17-35-26)21-12-22(28(32,33)34)14-24(30)13-21/h2-14,17,36H,15-16H2,1H3. The summed E-state index contributed by atoms with van der Waals surface area (Å²) in [6.07, 6.45) is -3.24. The van der Waals surface area contributed by atoms with Crippen LogP contribution in [-0.4, -0.2) is 4.98 Å². The third kappa shape index (κ3) is 5.58. The van der Waals surface area contributed by atoms with Crippen molar-refractivity contribution in [1.29, 1.82) is 0 Å². The molecule has 0 radical (unpaired) electrons. The van der Waals surface area contributed by atoms with Crippen LogP contribution in [0.25, 0.3) is 0 Å². The summed E-state index contributed by atoms with van der Waals surface area (Å²) in [6.45, 7) is 1.70. The quantitative estimate of drug-likeness (QED) is 0.256. The number of alkyl halides is 3. The fourth-order valence-electron chi connectivity index (χ4n) is 4.22. The molecule has 4 aromatic rings. The summed E-state index contributed by atoms with van der Waals surface area (Å²) < 4.78 is 70.0. The molecular formula is C28H22ClF5N2. The van der Waals surface area contributed by atoms with Crippen molar-refractivity contribution in [3.8, 4) is 0 Å². The second-order valence-corrected chi connectivity index (χ2v) is 8.97. The average Bonchev–Trinajstić information content (AvgIpc) is 2.84. The number of hydrogen-bond donors (Lipinski definition) is 1. The van der Waals surface area contributed by atoms with Crippen LogP contribution in [0.2, 0.25) is 5.02 Å². The molecule has 0 saturated carbocycles. The van der Waals surface area contributed by atoms with Crippen LogP contribution in [0.1, 0.15) is 33.5 Å². The molecule has 1 unspecified atom stereocenters. The lowest BCUT2D eigenvalue weighted by Crippen LogP contribution is -2.46. The van der Waals surface area contributed by atoms with Crippen LogP contribution < -0.4 is 5.32 Å². The Morgan fingerprint density at radius 1 is 0.861 bits per heavy atom. The van der Waals surface area contributed by atoms with Gasteiger partial charge in [0, 0.05) is 19.2 Å². The average molecular weight is 517 g/mol. The Morgan fingerprint density at radius 3 is 2.25 bits per heavy atom. The van der Waals surface area contributed by atoms with Crippen LogP contribution >= 0.6 is 11.6 Å². The molecule has 186 valence electrons. The maximum Gasteiger partial charge on any atom is 0.416 e. The molecule has 0 aliphatic rings. The van der Waals surface area contributed by atoms with Crippen LogP contribution in [0.5, 0.6) is 0 Å². The lowest BCUT2D eigenvalue weighted by molar-refractivity contribution is -0.137. The lowest BCUT2D eigenvalue weighted by Gasteiger charge is -2.36. The number of aromatic nitrogens is 1. The monoisotopic (exact) mass is 516 g/mol. The van der Waals surface area contributed by atoms with Crippen molar-refractivity contribution in [1.82, 2.24) is 10.3 Å². The van der Waals surface area contributed by atoms with E-state index >= 15 is 0 Å². The first-order valence-electron chi connectivity index (χ1n) is 11.1. The zero-order chi connectivity index (χ0) is 25.9. The van der Waals surface area contributed by atoms with Gasteiger partial charge in [0.15, 0.2) is 0 Å². The van der Waals surface area contributed by atoms with E-state index in [1.807, 2.05) is 18.2 Å². The molecule has 8 heteroatoms. The first-order chi connectivity index (χ1) is 17.1. The van der Waals surface area contributed by atoms with Gasteiger partial charge in [-0.2, -0.15) is 13.2 Å². The molecule has 1 aromatic heterocycles. The van der Waals surface area contributed by atoms with Gasteiger partial charge >= 0.3 is 6.18 Å². The van der Waals surface area contributed by atoms with Crippen molar-refractivity contribution in [3.05, 3.63) is 135 Å². The highest BCUT2D eigenvalue weighted by Gasteiger charge is 2.39. The van der Waals surface area contributed by atoms with Crippen molar-refractivity contribution >= 4 is 11.6 Å². The van der Waals surface area contributed by atoms with Gasteiger partial charge in [-0.3, -0.25) is 10.3 Å². The van der Waals surface area contributed by atoms with Gasteiger partial charge in [-0.1, -0.05) is 54.1 Å². The zero-order valence-electron chi connectivity index (χ0n) is 19.2. The SMILES string of the molecule is Cc1c(F)cccc1CNC(Cc1ccccc1)(c1cc(F)cc(C(F)(F)F)c1)c1ccc(Cl)cn1. The smallest absolute Gasteiger partial charge is 0.298 e. The Morgan fingerprint density at radius 2 is 1.58 bits per heavy atom. The summed E-state index contributed by atoms with van der Waals surface area (Å²) in [5.74, 6) is -1.44. The fraction of sp³-hybridized carbons (Fsp3) is 0.179. The van der Waals surface area contributed by atoms with E-state index in [0.29, 0.717) is 27.9 Å². The number of pyridine rings is 1. The number of rotatable bonds is 7. The molecule has 0 fully saturated rings. The van der Waals surface area contributed by atoms with E-state index in [4.69, 9.17) is 11.6 Å². The molecule has 36 heavy (non-hydrogen) atoms. The molecule has 1 N–H and O–H groups in total. The molecule has 0 bridgehead atoms. The number of hydrogen-bond acceptors (Lipinski definition) is 2.